The van der Waals surface area contributed by atoms with Gasteiger partial charge in [0.05, 0.1) is 27.6 Å². The summed E-state index contributed by atoms with van der Waals surface area (Å²) >= 11 is 15.0. The molecule has 1 aromatic carbocycles. The number of carbonyl (C=O) groups is 3. The summed E-state index contributed by atoms with van der Waals surface area (Å²) in [5.74, 6) is -2.24. The molecule has 12 heteroatoms. The van der Waals surface area contributed by atoms with Gasteiger partial charge in [-0.1, -0.05) is 29.3 Å². The molecule has 0 spiro atoms. The van der Waals surface area contributed by atoms with Crippen molar-refractivity contribution >= 4 is 64.3 Å². The third-order valence-electron chi connectivity index (χ3n) is 5.24. The van der Waals surface area contributed by atoms with E-state index in [0.29, 0.717) is 31.7 Å². The van der Waals surface area contributed by atoms with Crippen LogP contribution in [0.5, 0.6) is 0 Å². The Kier molecular flexibility index (Phi) is 7.09. The van der Waals surface area contributed by atoms with Gasteiger partial charge >= 0.3 is 29.6 Å². The fourth-order valence-electron chi connectivity index (χ4n) is 3.87. The molecule has 0 aliphatic carbocycles. The fraction of sp³-hybridized carbons (Fsp3) is 0.368. The fourth-order valence-corrected chi connectivity index (χ4v) is 6.76. The number of aryl methyl sites for hydroxylation is 1. The smallest absolute Gasteiger partial charge is 0.548 e. The molecule has 3 heterocycles. The zero-order valence-electron chi connectivity index (χ0n) is 17.1. The van der Waals surface area contributed by atoms with Crippen LogP contribution in [0.15, 0.2) is 18.2 Å². The van der Waals surface area contributed by atoms with E-state index in [-0.39, 0.29) is 29.6 Å². The molecule has 3 atom stereocenters. The Hall–Kier alpha value is -0.810. The summed E-state index contributed by atoms with van der Waals surface area (Å²) in [4.78, 5) is 39.2. The van der Waals surface area contributed by atoms with E-state index in [0.717, 1.165) is 11.5 Å². The number of nitrogens with one attached hydrogen (secondary N) is 1. The van der Waals surface area contributed by atoms with Gasteiger partial charge in [-0.05, 0) is 44.4 Å². The molecule has 2 fully saturated rings. The van der Waals surface area contributed by atoms with E-state index >= 15 is 0 Å². The van der Waals surface area contributed by atoms with Gasteiger partial charge in [0.1, 0.15) is 17.1 Å². The number of aromatic nitrogens is 1. The number of halogens is 2. The van der Waals surface area contributed by atoms with Crippen LogP contribution in [0.25, 0.3) is 11.3 Å². The number of rotatable bonds is 4. The van der Waals surface area contributed by atoms with Crippen molar-refractivity contribution in [2.75, 3.05) is 0 Å². The summed E-state index contributed by atoms with van der Waals surface area (Å²) < 4.78 is 3.62. The van der Waals surface area contributed by atoms with Crippen molar-refractivity contribution in [2.45, 2.75) is 43.0 Å². The van der Waals surface area contributed by atoms with Gasteiger partial charge in [0.2, 0.25) is 5.91 Å². The molecule has 2 aliphatic heterocycles. The van der Waals surface area contributed by atoms with Gasteiger partial charge in [0.15, 0.2) is 0 Å². The summed E-state index contributed by atoms with van der Waals surface area (Å²) in [6, 6.07) is 3.13. The first-order valence-electron chi connectivity index (χ1n) is 8.97. The third-order valence-corrected chi connectivity index (χ3v) is 8.19. The maximum absolute atomic E-state index is 13.1. The second kappa shape index (κ2) is 8.85. The Morgan fingerprint density at radius 1 is 1.26 bits per heavy atom. The first-order valence-corrected chi connectivity index (χ1v) is 11.4. The molecule has 2 aromatic rings. The topological polar surface area (TPSA) is 102 Å². The third kappa shape index (κ3) is 4.03. The van der Waals surface area contributed by atoms with Crippen LogP contribution in [0.1, 0.15) is 29.1 Å². The molecule has 2 aliphatic rings. The van der Waals surface area contributed by atoms with Crippen molar-refractivity contribution in [3.05, 3.63) is 38.7 Å². The van der Waals surface area contributed by atoms with Crippen LogP contribution in [-0.2, 0) is 9.59 Å². The monoisotopic (exact) mass is 507 g/mol. The Balaban J connectivity index is 0.00000272. The van der Waals surface area contributed by atoms with Crippen LogP contribution in [0.2, 0.25) is 10.0 Å². The molecule has 1 N–H and O–H groups in total. The zero-order valence-corrected chi connectivity index (χ0v) is 22.2. The maximum atomic E-state index is 13.1. The average Bonchev–Trinajstić information content (AvgIpc) is 3.14. The number of aliphatic carboxylic acids is 1. The summed E-state index contributed by atoms with van der Waals surface area (Å²) in [5, 5.41) is 14.5. The van der Waals surface area contributed by atoms with Gasteiger partial charge < -0.3 is 20.1 Å². The largest absolute Gasteiger partial charge is 1.00 e. The summed E-state index contributed by atoms with van der Waals surface area (Å²) in [6.07, 6.45) is 0. The number of benzene rings is 1. The first-order chi connectivity index (χ1) is 14.0. The minimum absolute atomic E-state index is 0. The number of carboxylic acid groups (broad SMARTS) is 1. The van der Waals surface area contributed by atoms with Crippen molar-refractivity contribution < 1.29 is 49.0 Å². The summed E-state index contributed by atoms with van der Waals surface area (Å²) in [6.45, 7) is 5.23. The van der Waals surface area contributed by atoms with Crippen LogP contribution < -0.4 is 40.0 Å². The molecule has 4 rings (SSSR count). The van der Waals surface area contributed by atoms with Crippen LogP contribution in [0, 0.1) is 6.92 Å². The Bertz CT molecular complexity index is 1070. The average molecular weight is 508 g/mol. The molecule has 7 nitrogen and oxygen atoms in total. The molecule has 0 unspecified atom stereocenters. The van der Waals surface area contributed by atoms with Crippen LogP contribution in [-0.4, -0.2) is 49.3 Å². The molecule has 0 radical (unpaired) electrons. The number of amides is 2. The maximum Gasteiger partial charge on any atom is 1.00 e. The standard InChI is InChI=1S/C19H17Cl2N3O4S2.Na/c1-7-10(12(23-30-7)11-8(20)5-4-6-9(11)21)15(25)22-13-16(26)24-14(18(27)28)19(2,3)29-17(13)24;/h4-6,13-14,17H,1-3H3,(H,22,25)(H,27,28);/q;+1/p-1/t13-,14+,17-;/m1./s1. The second-order valence-electron chi connectivity index (χ2n) is 7.59. The second-order valence-corrected chi connectivity index (χ2v) is 11.2. The van der Waals surface area contributed by atoms with Crippen molar-refractivity contribution in [1.29, 1.82) is 0 Å². The molecule has 1 aromatic heterocycles. The van der Waals surface area contributed by atoms with Gasteiger partial charge in [0.25, 0.3) is 5.91 Å². The SMILES string of the molecule is Cc1snc(-c2c(Cl)cccc2Cl)c1C(=O)N[C@@H]1C(=O)N2[C@@H]1SC(C)(C)[C@@H]2C(=O)[O-].[Na+]. The van der Waals surface area contributed by atoms with Crippen LogP contribution in [0.4, 0.5) is 0 Å². The van der Waals surface area contributed by atoms with E-state index in [9.17, 15) is 19.5 Å². The normalized spacial score (nSPS) is 23.6. The molecular weight excluding hydrogens is 492 g/mol. The van der Waals surface area contributed by atoms with E-state index in [1.165, 1.54) is 16.7 Å². The van der Waals surface area contributed by atoms with Gasteiger partial charge in [-0.3, -0.25) is 9.59 Å². The number of hydrogen-bond acceptors (Lipinski definition) is 7. The number of fused-ring (bicyclic) bond motifs is 1. The van der Waals surface area contributed by atoms with Gasteiger partial charge in [-0.15, -0.1) is 11.8 Å². The van der Waals surface area contributed by atoms with E-state index in [2.05, 4.69) is 9.69 Å². The van der Waals surface area contributed by atoms with Gasteiger partial charge in [-0.25, -0.2) is 0 Å². The van der Waals surface area contributed by atoms with E-state index < -0.39 is 40.0 Å². The first kappa shape index (κ1) is 24.8. The van der Waals surface area contributed by atoms with Crippen molar-refractivity contribution in [3.63, 3.8) is 0 Å². The molecule has 0 saturated carbocycles. The zero-order chi connectivity index (χ0) is 22.0. The molecule has 31 heavy (non-hydrogen) atoms. The van der Waals surface area contributed by atoms with E-state index in [4.69, 9.17) is 23.2 Å². The molecule has 2 saturated heterocycles. The molecule has 0 bridgehead atoms. The van der Waals surface area contributed by atoms with Gasteiger partial charge in [-0.2, -0.15) is 4.37 Å². The quantitative estimate of drug-likeness (QED) is 0.435. The van der Waals surface area contributed by atoms with Gasteiger partial charge in [0, 0.05) is 15.2 Å². The number of β-lactam (4-membered cyclic amide) rings is 1. The van der Waals surface area contributed by atoms with Crippen LogP contribution in [0.3, 0.4) is 0 Å². The van der Waals surface area contributed by atoms with E-state index in [1.54, 1.807) is 39.0 Å². The number of nitrogens with zero attached hydrogens (tertiary/aromatic N) is 2. The minimum Gasteiger partial charge on any atom is -0.548 e. The number of carboxylic acids is 1. The predicted octanol–water partition coefficient (Wildman–Crippen LogP) is -0.660. The summed E-state index contributed by atoms with van der Waals surface area (Å²) in [5.41, 5.74) is 1.09. The molecule has 158 valence electrons. The van der Waals surface area contributed by atoms with Crippen LogP contribution >= 0.6 is 46.5 Å². The minimum atomic E-state index is -1.30. The van der Waals surface area contributed by atoms with E-state index in [1.807, 2.05) is 0 Å². The number of carbonyl (C=O) groups excluding carboxylic acids is 3. The summed E-state index contributed by atoms with van der Waals surface area (Å²) in [7, 11) is 0. The van der Waals surface area contributed by atoms with Crippen molar-refractivity contribution in [2.24, 2.45) is 0 Å². The predicted molar refractivity (Wildman–Crippen MR) is 115 cm³/mol. The Morgan fingerprint density at radius 3 is 2.45 bits per heavy atom. The Morgan fingerprint density at radius 2 is 1.87 bits per heavy atom. The van der Waals surface area contributed by atoms with Crippen molar-refractivity contribution in [3.8, 4) is 11.3 Å². The Labute approximate surface area is 219 Å². The molecule has 2 amide bonds. The number of hydrogen-bond donors (Lipinski definition) is 1. The molecular formula is C19H16Cl2N3NaO4S2. The number of thioether (sulfide) groups is 1. The van der Waals surface area contributed by atoms with Crippen molar-refractivity contribution in [1.82, 2.24) is 14.6 Å².